The van der Waals surface area contributed by atoms with Crippen LogP contribution >= 0.6 is 0 Å². The number of esters is 1. The molecule has 154 valence electrons. The first-order valence-electron chi connectivity index (χ1n) is 10.5. The van der Waals surface area contributed by atoms with Crippen molar-refractivity contribution in [1.29, 1.82) is 0 Å². The second-order valence-corrected chi connectivity index (χ2v) is 8.42. The summed E-state index contributed by atoms with van der Waals surface area (Å²) in [4.78, 5) is 28.4. The summed E-state index contributed by atoms with van der Waals surface area (Å²) in [7, 11) is 0. The molecule has 3 heterocycles. The minimum absolute atomic E-state index is 0.0788. The largest absolute Gasteiger partial charge is 0.460 e. The molecule has 0 radical (unpaired) electrons. The van der Waals surface area contributed by atoms with Crippen LogP contribution in [0.2, 0.25) is 0 Å². The van der Waals surface area contributed by atoms with Gasteiger partial charge >= 0.3 is 5.97 Å². The number of fused-ring (bicyclic) bond motifs is 2. The van der Waals surface area contributed by atoms with E-state index in [4.69, 9.17) is 9.47 Å². The summed E-state index contributed by atoms with van der Waals surface area (Å²) < 4.78 is 11.8. The molecule has 6 rings (SSSR count). The van der Waals surface area contributed by atoms with Crippen molar-refractivity contribution in [3.8, 4) is 0 Å². The SMILES string of the molecule is O=C(OCc1ccccc1)[C@H]1[C@H]2C=C[C@@]3(CN(c4cccc5ccccc45)C(=O)[C@@H]13)O2. The van der Waals surface area contributed by atoms with Crippen molar-refractivity contribution in [3.05, 3.63) is 90.5 Å². The molecule has 3 aliphatic heterocycles. The second-order valence-electron chi connectivity index (χ2n) is 8.42. The van der Waals surface area contributed by atoms with Crippen LogP contribution in [0.4, 0.5) is 5.69 Å². The van der Waals surface area contributed by atoms with Gasteiger partial charge in [-0.1, -0.05) is 78.9 Å². The summed E-state index contributed by atoms with van der Waals surface area (Å²) in [6.07, 6.45) is 3.46. The van der Waals surface area contributed by atoms with E-state index in [0.29, 0.717) is 6.54 Å². The maximum absolute atomic E-state index is 13.6. The maximum atomic E-state index is 13.6. The molecule has 0 saturated carbocycles. The first-order chi connectivity index (χ1) is 15.2. The Bertz CT molecular complexity index is 1220. The number of carbonyl (C=O) groups excluding carboxylic acids is 2. The predicted octanol–water partition coefficient (Wildman–Crippen LogP) is 3.87. The maximum Gasteiger partial charge on any atom is 0.313 e. The summed E-state index contributed by atoms with van der Waals surface area (Å²) in [6, 6.07) is 23.5. The average Bonchev–Trinajstić information content (AvgIpc) is 3.46. The molecule has 5 nitrogen and oxygen atoms in total. The minimum atomic E-state index is -0.769. The van der Waals surface area contributed by atoms with E-state index >= 15 is 0 Å². The highest BCUT2D eigenvalue weighted by molar-refractivity contribution is 6.08. The van der Waals surface area contributed by atoms with E-state index in [-0.39, 0.29) is 18.5 Å². The summed E-state index contributed by atoms with van der Waals surface area (Å²) in [5.41, 5.74) is 0.999. The Morgan fingerprint density at radius 3 is 2.68 bits per heavy atom. The highest BCUT2D eigenvalue weighted by Crippen LogP contribution is 2.53. The van der Waals surface area contributed by atoms with Crippen molar-refractivity contribution in [2.24, 2.45) is 11.8 Å². The van der Waals surface area contributed by atoms with E-state index in [1.165, 1.54) is 0 Å². The van der Waals surface area contributed by atoms with Gasteiger partial charge in [0.1, 0.15) is 18.1 Å². The Morgan fingerprint density at radius 1 is 1.03 bits per heavy atom. The lowest BCUT2D eigenvalue weighted by atomic mass is 9.77. The topological polar surface area (TPSA) is 55.8 Å². The quantitative estimate of drug-likeness (QED) is 0.483. The lowest BCUT2D eigenvalue weighted by Gasteiger charge is -2.23. The number of ether oxygens (including phenoxy) is 2. The van der Waals surface area contributed by atoms with Gasteiger partial charge in [-0.15, -0.1) is 0 Å². The molecule has 4 atom stereocenters. The first kappa shape index (κ1) is 18.3. The van der Waals surface area contributed by atoms with Crippen LogP contribution in [-0.4, -0.2) is 30.1 Å². The van der Waals surface area contributed by atoms with E-state index in [1.54, 1.807) is 4.90 Å². The van der Waals surface area contributed by atoms with Crippen molar-refractivity contribution >= 4 is 28.3 Å². The highest BCUT2D eigenvalue weighted by atomic mass is 16.6. The van der Waals surface area contributed by atoms with Crippen LogP contribution < -0.4 is 4.90 Å². The molecule has 0 aromatic heterocycles. The van der Waals surface area contributed by atoms with Crippen molar-refractivity contribution in [1.82, 2.24) is 0 Å². The van der Waals surface area contributed by atoms with Gasteiger partial charge in [-0.05, 0) is 17.0 Å². The van der Waals surface area contributed by atoms with Gasteiger partial charge in [-0.3, -0.25) is 9.59 Å². The predicted molar refractivity (Wildman–Crippen MR) is 116 cm³/mol. The number of hydrogen-bond acceptors (Lipinski definition) is 4. The van der Waals surface area contributed by atoms with Crippen molar-refractivity contribution in [2.75, 3.05) is 11.4 Å². The molecule has 2 bridgehead atoms. The van der Waals surface area contributed by atoms with Crippen molar-refractivity contribution < 1.29 is 19.1 Å². The van der Waals surface area contributed by atoms with E-state index in [9.17, 15) is 9.59 Å². The smallest absolute Gasteiger partial charge is 0.313 e. The second kappa shape index (κ2) is 6.79. The van der Waals surface area contributed by atoms with Gasteiger partial charge in [-0.2, -0.15) is 0 Å². The molecule has 0 unspecified atom stereocenters. The van der Waals surface area contributed by atoms with E-state index < -0.39 is 23.5 Å². The number of hydrogen-bond donors (Lipinski definition) is 0. The zero-order chi connectivity index (χ0) is 21.0. The van der Waals surface area contributed by atoms with E-state index in [1.807, 2.05) is 84.9 Å². The molecule has 1 spiro atoms. The molecule has 3 aromatic carbocycles. The molecule has 3 aliphatic rings. The molecule has 1 amide bonds. The van der Waals surface area contributed by atoms with Gasteiger partial charge < -0.3 is 14.4 Å². The number of rotatable bonds is 4. The summed E-state index contributed by atoms with van der Waals surface area (Å²) in [5.74, 6) is -1.64. The normalized spacial score (nSPS) is 28.3. The standard InChI is InChI=1S/C26H21NO4/c28-24-23-22(25(29)30-15-17-7-2-1-3-8-17)21-13-14-26(23,31-21)16-27(24)20-12-6-10-18-9-4-5-11-19(18)20/h1-14,21-23H,15-16H2/t21-,22+,23-,26+/m1/s1. The molecule has 0 N–H and O–H groups in total. The van der Waals surface area contributed by atoms with Crippen LogP contribution in [-0.2, 0) is 25.7 Å². The molecule has 31 heavy (non-hydrogen) atoms. The third kappa shape index (κ3) is 2.73. The molecular formula is C26H21NO4. The third-order valence-corrected chi connectivity index (χ3v) is 6.65. The average molecular weight is 411 g/mol. The number of amides is 1. The first-order valence-corrected chi connectivity index (χ1v) is 10.5. The highest BCUT2D eigenvalue weighted by Gasteiger charge is 2.67. The van der Waals surface area contributed by atoms with Gasteiger partial charge in [0, 0.05) is 5.39 Å². The fraction of sp³-hybridized carbons (Fsp3) is 0.231. The Kier molecular flexibility index (Phi) is 4.02. The van der Waals surface area contributed by atoms with Crippen LogP contribution in [0.5, 0.6) is 0 Å². The van der Waals surface area contributed by atoms with Crippen molar-refractivity contribution in [2.45, 2.75) is 18.3 Å². The zero-order valence-electron chi connectivity index (χ0n) is 16.8. The Balaban J connectivity index is 1.30. The summed E-state index contributed by atoms with van der Waals surface area (Å²) in [6.45, 7) is 0.591. The molecule has 0 aliphatic carbocycles. The molecule has 2 saturated heterocycles. The van der Waals surface area contributed by atoms with Crippen LogP contribution in [0.1, 0.15) is 5.56 Å². The lowest BCUT2D eigenvalue weighted by Crippen LogP contribution is -2.40. The van der Waals surface area contributed by atoms with Crippen LogP contribution in [0.15, 0.2) is 84.9 Å². The Morgan fingerprint density at radius 2 is 1.81 bits per heavy atom. The lowest BCUT2D eigenvalue weighted by molar-refractivity contribution is -0.153. The summed E-state index contributed by atoms with van der Waals surface area (Å²) in [5, 5.41) is 2.08. The van der Waals surface area contributed by atoms with Gasteiger partial charge in [0.15, 0.2) is 0 Å². The fourth-order valence-electron chi connectivity index (χ4n) is 5.24. The van der Waals surface area contributed by atoms with Gasteiger partial charge in [0.2, 0.25) is 5.91 Å². The molecule has 2 fully saturated rings. The molecular weight excluding hydrogens is 390 g/mol. The van der Waals surface area contributed by atoms with E-state index in [0.717, 1.165) is 22.0 Å². The number of anilines is 1. The monoisotopic (exact) mass is 411 g/mol. The number of carbonyl (C=O) groups is 2. The fourth-order valence-corrected chi connectivity index (χ4v) is 5.24. The zero-order valence-corrected chi connectivity index (χ0v) is 16.8. The number of nitrogens with zero attached hydrogens (tertiary/aromatic N) is 1. The number of benzene rings is 3. The van der Waals surface area contributed by atoms with E-state index in [2.05, 4.69) is 0 Å². The van der Waals surface area contributed by atoms with Gasteiger partial charge in [0.05, 0.1) is 24.3 Å². The Hall–Kier alpha value is -3.44. The van der Waals surface area contributed by atoms with Gasteiger partial charge in [0.25, 0.3) is 0 Å². The Labute approximate surface area is 179 Å². The van der Waals surface area contributed by atoms with Crippen molar-refractivity contribution in [3.63, 3.8) is 0 Å². The minimum Gasteiger partial charge on any atom is -0.460 e. The molecule has 3 aromatic rings. The van der Waals surface area contributed by atoms with Crippen LogP contribution in [0.25, 0.3) is 10.8 Å². The van der Waals surface area contributed by atoms with Crippen LogP contribution in [0.3, 0.4) is 0 Å². The third-order valence-electron chi connectivity index (χ3n) is 6.65. The van der Waals surface area contributed by atoms with Gasteiger partial charge in [-0.25, -0.2) is 0 Å². The van der Waals surface area contributed by atoms with Crippen LogP contribution in [0, 0.1) is 11.8 Å². The summed E-state index contributed by atoms with van der Waals surface area (Å²) >= 11 is 0. The molecule has 5 heteroatoms.